The summed E-state index contributed by atoms with van der Waals surface area (Å²) in [6.45, 7) is 8.37. The number of aromatic nitrogens is 3. The molecule has 1 aliphatic heterocycles. The van der Waals surface area contributed by atoms with Gasteiger partial charge in [-0.2, -0.15) is 4.98 Å². The van der Waals surface area contributed by atoms with E-state index in [9.17, 15) is 4.79 Å². The second kappa shape index (κ2) is 5.19. The molecular weight excluding hydrogens is 242 g/mol. The fraction of sp³-hybridized carbons (Fsp3) is 0.769. The molecule has 19 heavy (non-hydrogen) atoms. The van der Waals surface area contributed by atoms with Crippen molar-refractivity contribution in [3.05, 3.63) is 5.82 Å². The van der Waals surface area contributed by atoms with Gasteiger partial charge in [0.25, 0.3) is 5.91 Å². The largest absolute Gasteiger partial charge is 0.366 e. The van der Waals surface area contributed by atoms with Crippen molar-refractivity contribution < 1.29 is 4.79 Å². The number of rotatable bonds is 1. The minimum Gasteiger partial charge on any atom is -0.366 e. The number of aromatic amines is 1. The molecule has 6 heteroatoms. The van der Waals surface area contributed by atoms with E-state index >= 15 is 0 Å². The van der Waals surface area contributed by atoms with Crippen LogP contribution >= 0.6 is 0 Å². The molecule has 1 fully saturated rings. The number of H-pyrrole nitrogens is 1. The molecule has 0 spiro atoms. The van der Waals surface area contributed by atoms with Crippen LogP contribution in [-0.4, -0.2) is 39.1 Å². The van der Waals surface area contributed by atoms with E-state index in [4.69, 9.17) is 5.73 Å². The van der Waals surface area contributed by atoms with Gasteiger partial charge in [-0.3, -0.25) is 9.89 Å². The smallest absolute Gasteiger partial charge is 0.291 e. The highest BCUT2D eigenvalue weighted by molar-refractivity contribution is 5.90. The molecule has 0 bridgehead atoms. The Hall–Kier alpha value is -1.59. The van der Waals surface area contributed by atoms with E-state index in [1.807, 2.05) is 4.90 Å². The Bertz CT molecular complexity index is 448. The van der Waals surface area contributed by atoms with Gasteiger partial charge < -0.3 is 10.6 Å². The van der Waals surface area contributed by atoms with Gasteiger partial charge in [0.15, 0.2) is 0 Å². The third-order valence-electron chi connectivity index (χ3n) is 3.95. The van der Waals surface area contributed by atoms with Crippen molar-refractivity contribution in [2.75, 3.05) is 18.8 Å². The van der Waals surface area contributed by atoms with Crippen molar-refractivity contribution in [2.24, 2.45) is 11.3 Å². The SMILES string of the molecule is CC(C)(C)C1CCCN(C(=O)c2nc(N)n[nH]2)CC1. The number of amides is 1. The summed E-state index contributed by atoms with van der Waals surface area (Å²) in [7, 11) is 0. The summed E-state index contributed by atoms with van der Waals surface area (Å²) in [5.41, 5.74) is 5.73. The standard InChI is InChI=1S/C13H23N5O/c1-13(2,3)9-5-4-7-18(8-6-9)11(19)10-15-12(14)17-16-10/h9H,4-8H2,1-3H3,(H3,14,15,16,17). The maximum atomic E-state index is 12.3. The minimum absolute atomic E-state index is 0.0984. The first-order chi connectivity index (χ1) is 8.88. The van der Waals surface area contributed by atoms with Gasteiger partial charge in [0.1, 0.15) is 0 Å². The van der Waals surface area contributed by atoms with Crippen molar-refractivity contribution in [1.82, 2.24) is 20.1 Å². The van der Waals surface area contributed by atoms with Gasteiger partial charge in [-0.25, -0.2) is 0 Å². The number of nitrogen functional groups attached to an aromatic ring is 1. The van der Waals surface area contributed by atoms with E-state index in [1.54, 1.807) is 0 Å². The average molecular weight is 265 g/mol. The Labute approximate surface area is 113 Å². The lowest BCUT2D eigenvalue weighted by Crippen LogP contribution is -2.33. The quantitative estimate of drug-likeness (QED) is 0.808. The fourth-order valence-corrected chi connectivity index (χ4v) is 2.69. The summed E-state index contributed by atoms with van der Waals surface area (Å²) >= 11 is 0. The molecular formula is C13H23N5O. The lowest BCUT2D eigenvalue weighted by Gasteiger charge is -2.29. The molecule has 2 rings (SSSR count). The highest BCUT2D eigenvalue weighted by Crippen LogP contribution is 2.34. The van der Waals surface area contributed by atoms with Gasteiger partial charge in [-0.1, -0.05) is 20.8 Å². The molecule has 1 aromatic rings. The fourth-order valence-electron chi connectivity index (χ4n) is 2.69. The molecule has 1 aliphatic rings. The number of likely N-dealkylation sites (tertiary alicyclic amines) is 1. The third kappa shape index (κ3) is 3.24. The number of hydrogen-bond donors (Lipinski definition) is 2. The van der Waals surface area contributed by atoms with E-state index in [0.29, 0.717) is 11.3 Å². The van der Waals surface area contributed by atoms with Crippen LogP contribution in [0.4, 0.5) is 5.95 Å². The molecule has 3 N–H and O–H groups in total. The van der Waals surface area contributed by atoms with Crippen LogP contribution in [0.3, 0.4) is 0 Å². The highest BCUT2D eigenvalue weighted by atomic mass is 16.2. The van der Waals surface area contributed by atoms with E-state index in [1.165, 1.54) is 6.42 Å². The van der Waals surface area contributed by atoms with E-state index in [2.05, 4.69) is 36.0 Å². The van der Waals surface area contributed by atoms with Crippen molar-refractivity contribution >= 4 is 11.9 Å². The van der Waals surface area contributed by atoms with Crippen LogP contribution in [0.1, 0.15) is 50.7 Å². The van der Waals surface area contributed by atoms with E-state index < -0.39 is 0 Å². The minimum atomic E-state index is -0.0984. The van der Waals surface area contributed by atoms with Gasteiger partial charge in [-0.15, -0.1) is 5.10 Å². The van der Waals surface area contributed by atoms with Gasteiger partial charge in [0, 0.05) is 13.1 Å². The summed E-state index contributed by atoms with van der Waals surface area (Å²) in [4.78, 5) is 18.0. The second-order valence-corrected chi connectivity index (χ2v) is 6.33. The Kier molecular flexibility index (Phi) is 3.78. The Morgan fingerprint density at radius 1 is 1.37 bits per heavy atom. The monoisotopic (exact) mass is 265 g/mol. The van der Waals surface area contributed by atoms with Crippen molar-refractivity contribution in [2.45, 2.75) is 40.0 Å². The first-order valence-electron chi connectivity index (χ1n) is 6.85. The van der Waals surface area contributed by atoms with Crippen molar-refractivity contribution in [1.29, 1.82) is 0 Å². The topological polar surface area (TPSA) is 87.9 Å². The van der Waals surface area contributed by atoms with Gasteiger partial charge >= 0.3 is 0 Å². The molecule has 1 amide bonds. The van der Waals surface area contributed by atoms with Crippen molar-refractivity contribution in [3.63, 3.8) is 0 Å². The number of carbonyl (C=O) groups excluding carboxylic acids is 1. The van der Waals surface area contributed by atoms with Crippen LogP contribution in [0.25, 0.3) is 0 Å². The van der Waals surface area contributed by atoms with E-state index in [-0.39, 0.29) is 17.7 Å². The maximum absolute atomic E-state index is 12.3. The average Bonchev–Trinajstić information content (AvgIpc) is 2.62. The van der Waals surface area contributed by atoms with Crippen molar-refractivity contribution in [3.8, 4) is 0 Å². The van der Waals surface area contributed by atoms with Crippen LogP contribution in [0.5, 0.6) is 0 Å². The molecule has 0 radical (unpaired) electrons. The van der Waals surface area contributed by atoms with Crippen LogP contribution in [0.15, 0.2) is 0 Å². The molecule has 1 atom stereocenters. The van der Waals surface area contributed by atoms with E-state index in [0.717, 1.165) is 25.9 Å². The molecule has 1 aromatic heterocycles. The van der Waals surface area contributed by atoms with Crippen LogP contribution in [-0.2, 0) is 0 Å². The predicted octanol–water partition coefficient (Wildman–Crippen LogP) is 1.68. The molecule has 0 saturated carbocycles. The Morgan fingerprint density at radius 3 is 2.68 bits per heavy atom. The zero-order chi connectivity index (χ0) is 14.0. The molecule has 106 valence electrons. The summed E-state index contributed by atoms with van der Waals surface area (Å²) in [5.74, 6) is 0.918. The predicted molar refractivity (Wildman–Crippen MR) is 73.5 cm³/mol. The zero-order valence-electron chi connectivity index (χ0n) is 11.9. The lowest BCUT2D eigenvalue weighted by atomic mass is 9.77. The number of anilines is 1. The lowest BCUT2D eigenvalue weighted by molar-refractivity contribution is 0.0744. The molecule has 0 aromatic carbocycles. The molecule has 1 unspecified atom stereocenters. The number of nitrogens with two attached hydrogens (primary N) is 1. The molecule has 2 heterocycles. The Morgan fingerprint density at radius 2 is 2.11 bits per heavy atom. The summed E-state index contributed by atoms with van der Waals surface area (Å²) in [6, 6.07) is 0. The number of hydrogen-bond acceptors (Lipinski definition) is 4. The van der Waals surface area contributed by atoms with Crippen LogP contribution < -0.4 is 5.73 Å². The molecule has 6 nitrogen and oxygen atoms in total. The maximum Gasteiger partial charge on any atom is 0.291 e. The first kappa shape index (κ1) is 13.8. The number of nitrogens with one attached hydrogen (secondary N) is 1. The zero-order valence-corrected chi connectivity index (χ0v) is 11.9. The number of carbonyl (C=O) groups is 1. The van der Waals surface area contributed by atoms with Gasteiger partial charge in [-0.05, 0) is 30.6 Å². The van der Waals surface area contributed by atoms with Crippen LogP contribution in [0, 0.1) is 11.3 Å². The highest BCUT2D eigenvalue weighted by Gasteiger charge is 2.29. The van der Waals surface area contributed by atoms with Gasteiger partial charge in [0.05, 0.1) is 0 Å². The second-order valence-electron chi connectivity index (χ2n) is 6.33. The summed E-state index contributed by atoms with van der Waals surface area (Å²) in [6.07, 6.45) is 3.25. The summed E-state index contributed by atoms with van der Waals surface area (Å²) < 4.78 is 0. The van der Waals surface area contributed by atoms with Gasteiger partial charge in [0.2, 0.25) is 11.8 Å². The Balaban J connectivity index is 2.01. The summed E-state index contributed by atoms with van der Waals surface area (Å²) in [5, 5.41) is 6.29. The van der Waals surface area contributed by atoms with Crippen LogP contribution in [0.2, 0.25) is 0 Å². The molecule has 1 saturated heterocycles. The first-order valence-corrected chi connectivity index (χ1v) is 6.85. The third-order valence-corrected chi connectivity index (χ3v) is 3.95. The molecule has 0 aliphatic carbocycles. The number of nitrogens with zero attached hydrogens (tertiary/aromatic N) is 3. The normalized spacial score (nSPS) is 21.2.